The molecule has 6 heteroatoms. The molecule has 1 aromatic heterocycles. The van der Waals surface area contributed by atoms with Crippen LogP contribution in [0.3, 0.4) is 0 Å². The van der Waals surface area contributed by atoms with E-state index < -0.39 is 0 Å². The first-order valence-electron chi connectivity index (χ1n) is 7.86. The van der Waals surface area contributed by atoms with Crippen LogP contribution in [0.5, 0.6) is 0 Å². The van der Waals surface area contributed by atoms with E-state index in [0.717, 1.165) is 32.6 Å². The zero-order valence-electron chi connectivity index (χ0n) is 13.0. The number of anilines is 1. The molecule has 2 rings (SSSR count). The standard InChI is InChI=1S/C15H26N4O2/c1-3-8-19(11-13-5-4-7-16-13)9-6-15(20)17-14-10-12(2)21-18-14/h10,13,16H,3-9,11H2,1-2H3,(H,17,18,20). The van der Waals surface area contributed by atoms with Gasteiger partial charge < -0.3 is 20.1 Å². The lowest BCUT2D eigenvalue weighted by Crippen LogP contribution is -2.39. The van der Waals surface area contributed by atoms with Crippen molar-refractivity contribution in [2.24, 2.45) is 0 Å². The Balaban J connectivity index is 1.73. The second-order valence-corrected chi connectivity index (χ2v) is 5.71. The summed E-state index contributed by atoms with van der Waals surface area (Å²) >= 11 is 0. The Labute approximate surface area is 126 Å². The van der Waals surface area contributed by atoms with E-state index in [4.69, 9.17) is 4.52 Å². The van der Waals surface area contributed by atoms with Crippen molar-refractivity contribution in [3.8, 4) is 0 Å². The molecule has 1 atom stereocenters. The lowest BCUT2D eigenvalue weighted by molar-refractivity contribution is -0.116. The van der Waals surface area contributed by atoms with Gasteiger partial charge in [-0.2, -0.15) is 0 Å². The molecule has 0 radical (unpaired) electrons. The Morgan fingerprint density at radius 3 is 3.05 bits per heavy atom. The topological polar surface area (TPSA) is 70.4 Å². The summed E-state index contributed by atoms with van der Waals surface area (Å²) in [6.07, 6.45) is 4.09. The van der Waals surface area contributed by atoms with Crippen LogP contribution in [0.1, 0.15) is 38.4 Å². The molecule has 0 spiro atoms. The van der Waals surface area contributed by atoms with Gasteiger partial charge in [0.25, 0.3) is 0 Å². The Morgan fingerprint density at radius 1 is 1.57 bits per heavy atom. The number of aromatic nitrogens is 1. The Morgan fingerprint density at radius 2 is 2.43 bits per heavy atom. The van der Waals surface area contributed by atoms with Crippen molar-refractivity contribution < 1.29 is 9.32 Å². The van der Waals surface area contributed by atoms with E-state index in [-0.39, 0.29) is 5.91 Å². The number of hydrogen-bond donors (Lipinski definition) is 2. The summed E-state index contributed by atoms with van der Waals surface area (Å²) in [7, 11) is 0. The molecular weight excluding hydrogens is 268 g/mol. The third-order valence-corrected chi connectivity index (χ3v) is 3.73. The highest BCUT2D eigenvalue weighted by Gasteiger charge is 2.18. The molecule has 6 nitrogen and oxygen atoms in total. The molecule has 1 unspecified atom stereocenters. The van der Waals surface area contributed by atoms with Crippen LogP contribution in [-0.2, 0) is 4.79 Å². The molecular formula is C15H26N4O2. The molecule has 21 heavy (non-hydrogen) atoms. The normalized spacial score (nSPS) is 18.3. The van der Waals surface area contributed by atoms with Gasteiger partial charge in [-0.3, -0.25) is 4.79 Å². The first kappa shape index (κ1) is 16.0. The van der Waals surface area contributed by atoms with Crippen molar-refractivity contribution in [2.75, 3.05) is 31.5 Å². The summed E-state index contributed by atoms with van der Waals surface area (Å²) in [5, 5.41) is 10.1. The van der Waals surface area contributed by atoms with E-state index in [2.05, 4.69) is 27.6 Å². The quantitative estimate of drug-likeness (QED) is 0.765. The van der Waals surface area contributed by atoms with Gasteiger partial charge in [0.05, 0.1) is 0 Å². The third-order valence-electron chi connectivity index (χ3n) is 3.73. The van der Waals surface area contributed by atoms with Gasteiger partial charge in [-0.1, -0.05) is 12.1 Å². The number of hydrogen-bond acceptors (Lipinski definition) is 5. The molecule has 1 aromatic rings. The number of amides is 1. The zero-order chi connectivity index (χ0) is 15.1. The molecule has 118 valence electrons. The number of carbonyl (C=O) groups is 1. The fraction of sp³-hybridized carbons (Fsp3) is 0.733. The van der Waals surface area contributed by atoms with Gasteiger partial charge in [0.2, 0.25) is 5.91 Å². The highest BCUT2D eigenvalue weighted by atomic mass is 16.5. The second-order valence-electron chi connectivity index (χ2n) is 5.71. The van der Waals surface area contributed by atoms with E-state index in [1.165, 1.54) is 12.8 Å². The van der Waals surface area contributed by atoms with Crippen molar-refractivity contribution >= 4 is 11.7 Å². The van der Waals surface area contributed by atoms with Crippen LogP contribution in [0, 0.1) is 6.92 Å². The van der Waals surface area contributed by atoms with Crippen molar-refractivity contribution in [2.45, 2.75) is 45.6 Å². The molecule has 1 amide bonds. The van der Waals surface area contributed by atoms with E-state index in [9.17, 15) is 4.79 Å². The second kappa shape index (κ2) is 8.14. The highest BCUT2D eigenvalue weighted by Crippen LogP contribution is 2.09. The van der Waals surface area contributed by atoms with Crippen molar-refractivity contribution in [3.05, 3.63) is 11.8 Å². The highest BCUT2D eigenvalue weighted by molar-refractivity contribution is 5.89. The van der Waals surface area contributed by atoms with Gasteiger partial charge in [-0.15, -0.1) is 0 Å². The molecule has 0 saturated carbocycles. The van der Waals surface area contributed by atoms with Crippen LogP contribution >= 0.6 is 0 Å². The van der Waals surface area contributed by atoms with Crippen molar-refractivity contribution in [3.63, 3.8) is 0 Å². The first-order valence-corrected chi connectivity index (χ1v) is 7.86. The number of nitrogens with one attached hydrogen (secondary N) is 2. The number of carbonyl (C=O) groups excluding carboxylic acids is 1. The van der Waals surface area contributed by atoms with Crippen LogP contribution in [0.4, 0.5) is 5.82 Å². The molecule has 0 aliphatic carbocycles. The maximum absolute atomic E-state index is 11.9. The van der Waals surface area contributed by atoms with E-state index in [1.54, 1.807) is 13.0 Å². The lowest BCUT2D eigenvalue weighted by Gasteiger charge is -2.24. The van der Waals surface area contributed by atoms with Gasteiger partial charge in [0.1, 0.15) is 5.76 Å². The van der Waals surface area contributed by atoms with Gasteiger partial charge >= 0.3 is 0 Å². The monoisotopic (exact) mass is 294 g/mol. The minimum absolute atomic E-state index is 0.0104. The summed E-state index contributed by atoms with van der Waals surface area (Å²) in [4.78, 5) is 14.3. The predicted molar refractivity (Wildman–Crippen MR) is 82.2 cm³/mol. The maximum atomic E-state index is 11.9. The van der Waals surface area contributed by atoms with Crippen molar-refractivity contribution in [1.82, 2.24) is 15.4 Å². The van der Waals surface area contributed by atoms with Gasteiger partial charge in [0, 0.05) is 31.6 Å². The molecule has 2 heterocycles. The molecule has 0 bridgehead atoms. The molecule has 1 fully saturated rings. The van der Waals surface area contributed by atoms with Crippen molar-refractivity contribution in [1.29, 1.82) is 0 Å². The Hall–Kier alpha value is -1.40. The van der Waals surface area contributed by atoms with Crippen LogP contribution < -0.4 is 10.6 Å². The zero-order valence-corrected chi connectivity index (χ0v) is 13.0. The Bertz CT molecular complexity index is 441. The molecule has 1 saturated heterocycles. The van der Waals surface area contributed by atoms with Crippen LogP contribution in [-0.4, -0.2) is 48.2 Å². The number of aryl methyl sites for hydroxylation is 1. The van der Waals surface area contributed by atoms with Gasteiger partial charge in [0.15, 0.2) is 5.82 Å². The SMILES string of the molecule is CCCN(CCC(=O)Nc1cc(C)on1)CC1CCCN1. The minimum atomic E-state index is -0.0104. The van der Waals surface area contributed by atoms with Crippen LogP contribution in [0.25, 0.3) is 0 Å². The third kappa shape index (κ3) is 5.47. The summed E-state index contributed by atoms with van der Waals surface area (Å²) in [5.74, 6) is 1.19. The smallest absolute Gasteiger partial charge is 0.226 e. The van der Waals surface area contributed by atoms with Gasteiger partial charge in [-0.05, 0) is 39.3 Å². The van der Waals surface area contributed by atoms with Crippen LogP contribution in [0.15, 0.2) is 10.6 Å². The van der Waals surface area contributed by atoms with Gasteiger partial charge in [-0.25, -0.2) is 0 Å². The Kier molecular flexibility index (Phi) is 6.20. The number of nitrogens with zero attached hydrogens (tertiary/aromatic N) is 2. The minimum Gasteiger partial charge on any atom is -0.360 e. The van der Waals surface area contributed by atoms with Crippen LogP contribution in [0.2, 0.25) is 0 Å². The lowest BCUT2D eigenvalue weighted by atomic mass is 10.2. The first-order chi connectivity index (χ1) is 10.2. The fourth-order valence-corrected chi connectivity index (χ4v) is 2.73. The maximum Gasteiger partial charge on any atom is 0.226 e. The van der Waals surface area contributed by atoms with E-state index >= 15 is 0 Å². The predicted octanol–water partition coefficient (Wildman–Crippen LogP) is 1.78. The molecule has 1 aliphatic heterocycles. The molecule has 1 aliphatic rings. The molecule has 2 N–H and O–H groups in total. The average molecular weight is 294 g/mol. The van der Waals surface area contributed by atoms with E-state index in [1.807, 2.05) is 0 Å². The summed E-state index contributed by atoms with van der Waals surface area (Å²) in [5.41, 5.74) is 0. The molecule has 0 aromatic carbocycles. The largest absolute Gasteiger partial charge is 0.360 e. The average Bonchev–Trinajstić information content (AvgIpc) is 3.08. The number of rotatable bonds is 8. The fourth-order valence-electron chi connectivity index (χ4n) is 2.73. The summed E-state index contributed by atoms with van der Waals surface area (Å²) < 4.78 is 4.93. The summed E-state index contributed by atoms with van der Waals surface area (Å²) in [6.45, 7) is 7.96. The summed E-state index contributed by atoms with van der Waals surface area (Å²) in [6, 6.07) is 2.31. The van der Waals surface area contributed by atoms with E-state index in [0.29, 0.717) is 24.0 Å².